The van der Waals surface area contributed by atoms with Crippen LogP contribution in [0.3, 0.4) is 0 Å². The molecule has 0 spiro atoms. The van der Waals surface area contributed by atoms with Crippen LogP contribution in [-0.2, 0) is 4.79 Å². The van der Waals surface area contributed by atoms with Gasteiger partial charge in [-0.05, 0) is 29.0 Å². The predicted octanol–water partition coefficient (Wildman–Crippen LogP) is 1.42. The maximum atomic E-state index is 13.8. The summed E-state index contributed by atoms with van der Waals surface area (Å²) in [5, 5.41) is 17.8. The average molecular weight is 294 g/mol. The summed E-state index contributed by atoms with van der Waals surface area (Å²) in [5.74, 6) is -2.60. The van der Waals surface area contributed by atoms with Crippen molar-refractivity contribution in [1.29, 1.82) is 0 Å². The first-order valence-electron chi connectivity index (χ1n) is 5.23. The standard InChI is InChI=1S/C11H7FN4O3S/c12-8-5-6(2-4-9(17)18)1-3-7(8)10(19)13-11-14-15-16-20-11/h1-5H,(H,17,18)(H,13,14,16,19)/b4-2+. The molecule has 0 bridgehead atoms. The number of nitrogens with one attached hydrogen (secondary N) is 1. The minimum absolute atomic E-state index is 0.157. The molecule has 1 aromatic carbocycles. The zero-order chi connectivity index (χ0) is 14.5. The number of carbonyl (C=O) groups excluding carboxylic acids is 1. The molecule has 7 nitrogen and oxygen atoms in total. The maximum Gasteiger partial charge on any atom is 0.328 e. The molecule has 2 aromatic rings. The molecule has 102 valence electrons. The Bertz CT molecular complexity index is 672. The number of nitrogens with zero attached hydrogens (tertiary/aromatic N) is 3. The summed E-state index contributed by atoms with van der Waals surface area (Å²) in [6, 6.07) is 3.74. The highest BCUT2D eigenvalue weighted by molar-refractivity contribution is 7.09. The first kappa shape index (κ1) is 13.7. The Labute approximate surface area is 115 Å². The number of halogens is 1. The molecule has 1 aromatic heterocycles. The van der Waals surface area contributed by atoms with Gasteiger partial charge in [0.15, 0.2) is 0 Å². The average Bonchev–Trinajstić information content (AvgIpc) is 2.89. The van der Waals surface area contributed by atoms with Gasteiger partial charge in [0.1, 0.15) is 5.82 Å². The summed E-state index contributed by atoms with van der Waals surface area (Å²) < 4.78 is 17.2. The molecule has 0 radical (unpaired) electrons. The van der Waals surface area contributed by atoms with Crippen LogP contribution in [0.5, 0.6) is 0 Å². The number of rotatable bonds is 4. The van der Waals surface area contributed by atoms with Crippen molar-refractivity contribution in [3.63, 3.8) is 0 Å². The second kappa shape index (κ2) is 5.97. The van der Waals surface area contributed by atoms with E-state index in [1.165, 1.54) is 18.2 Å². The minimum atomic E-state index is -1.14. The van der Waals surface area contributed by atoms with Gasteiger partial charge in [-0.2, -0.15) is 0 Å². The number of benzene rings is 1. The fourth-order valence-electron chi connectivity index (χ4n) is 1.33. The zero-order valence-corrected chi connectivity index (χ0v) is 10.6. The number of amides is 1. The quantitative estimate of drug-likeness (QED) is 0.826. The molecule has 2 N–H and O–H groups in total. The smallest absolute Gasteiger partial charge is 0.328 e. The van der Waals surface area contributed by atoms with Gasteiger partial charge in [-0.25, -0.2) is 9.18 Å². The molecule has 0 saturated carbocycles. The Balaban J connectivity index is 2.17. The lowest BCUT2D eigenvalue weighted by atomic mass is 10.1. The molecule has 0 aliphatic rings. The summed E-state index contributed by atoms with van der Waals surface area (Å²) in [6.07, 6.45) is 2.10. The lowest BCUT2D eigenvalue weighted by Crippen LogP contribution is -2.13. The number of hydrogen-bond acceptors (Lipinski definition) is 6. The van der Waals surface area contributed by atoms with Crippen LogP contribution >= 0.6 is 11.5 Å². The molecule has 1 heterocycles. The number of carboxylic acid groups (broad SMARTS) is 1. The van der Waals surface area contributed by atoms with Gasteiger partial charge in [0.2, 0.25) is 5.13 Å². The van der Waals surface area contributed by atoms with E-state index in [1.807, 2.05) is 0 Å². The molecule has 0 saturated heterocycles. The topological polar surface area (TPSA) is 105 Å². The SMILES string of the molecule is O=C(O)/C=C/c1ccc(C(=O)Nc2nnns2)c(F)c1. The number of aromatic nitrogens is 3. The van der Waals surface area contributed by atoms with Crippen LogP contribution in [-0.4, -0.2) is 31.8 Å². The number of hydrogen-bond donors (Lipinski definition) is 2. The minimum Gasteiger partial charge on any atom is -0.478 e. The van der Waals surface area contributed by atoms with E-state index in [4.69, 9.17) is 5.11 Å². The van der Waals surface area contributed by atoms with Crippen molar-refractivity contribution < 1.29 is 19.1 Å². The van der Waals surface area contributed by atoms with Gasteiger partial charge in [-0.1, -0.05) is 15.7 Å². The first-order chi connectivity index (χ1) is 9.56. The van der Waals surface area contributed by atoms with Gasteiger partial charge < -0.3 is 5.11 Å². The van der Waals surface area contributed by atoms with Crippen LogP contribution < -0.4 is 5.32 Å². The van der Waals surface area contributed by atoms with Gasteiger partial charge in [0.25, 0.3) is 5.91 Å². The molecule has 0 unspecified atom stereocenters. The van der Waals surface area contributed by atoms with Gasteiger partial charge in [0.05, 0.1) is 5.56 Å². The molecule has 0 aliphatic heterocycles. The third kappa shape index (κ3) is 3.42. The third-order valence-electron chi connectivity index (χ3n) is 2.18. The van der Waals surface area contributed by atoms with E-state index in [1.54, 1.807) is 0 Å². The van der Waals surface area contributed by atoms with E-state index < -0.39 is 17.7 Å². The van der Waals surface area contributed by atoms with Crippen LogP contribution in [0.1, 0.15) is 15.9 Å². The van der Waals surface area contributed by atoms with Crippen LogP contribution in [0, 0.1) is 5.82 Å². The van der Waals surface area contributed by atoms with Crippen LogP contribution in [0.4, 0.5) is 9.52 Å². The molecule has 20 heavy (non-hydrogen) atoms. The van der Waals surface area contributed by atoms with Crippen molar-refractivity contribution in [2.75, 3.05) is 5.32 Å². The fraction of sp³-hybridized carbons (Fsp3) is 0. The number of carbonyl (C=O) groups is 2. The van der Waals surface area contributed by atoms with Crippen molar-refractivity contribution in [1.82, 2.24) is 14.8 Å². The highest BCUT2D eigenvalue weighted by Crippen LogP contribution is 2.14. The molecule has 9 heteroatoms. The van der Waals surface area contributed by atoms with E-state index >= 15 is 0 Å². The number of carboxylic acids is 1. The van der Waals surface area contributed by atoms with Crippen molar-refractivity contribution in [2.24, 2.45) is 0 Å². The second-order valence-electron chi connectivity index (χ2n) is 3.53. The van der Waals surface area contributed by atoms with E-state index in [2.05, 4.69) is 20.1 Å². The van der Waals surface area contributed by atoms with E-state index in [9.17, 15) is 14.0 Å². The molecule has 0 atom stereocenters. The summed E-state index contributed by atoms with van der Waals surface area (Å²) >= 11 is 0.863. The Morgan fingerprint density at radius 1 is 1.40 bits per heavy atom. The molecular weight excluding hydrogens is 287 g/mol. The van der Waals surface area contributed by atoms with E-state index in [0.29, 0.717) is 5.56 Å². The van der Waals surface area contributed by atoms with Crippen molar-refractivity contribution >= 4 is 34.6 Å². The molecule has 0 aliphatic carbocycles. The fourth-order valence-corrected chi connectivity index (χ4v) is 1.69. The summed E-state index contributed by atoms with van der Waals surface area (Å²) in [7, 11) is 0. The monoisotopic (exact) mass is 294 g/mol. The van der Waals surface area contributed by atoms with Gasteiger partial charge in [0, 0.05) is 17.6 Å². The van der Waals surface area contributed by atoms with Crippen LogP contribution in [0.2, 0.25) is 0 Å². The van der Waals surface area contributed by atoms with Gasteiger partial charge in [-0.3, -0.25) is 10.1 Å². The van der Waals surface area contributed by atoms with Gasteiger partial charge >= 0.3 is 5.97 Å². The summed E-state index contributed by atoms with van der Waals surface area (Å²) in [4.78, 5) is 22.1. The number of anilines is 1. The molecule has 2 rings (SSSR count). The van der Waals surface area contributed by atoms with Crippen molar-refractivity contribution in [3.8, 4) is 0 Å². The Kier molecular flexibility index (Phi) is 4.11. The normalized spacial score (nSPS) is 10.7. The Morgan fingerprint density at radius 2 is 2.20 bits per heavy atom. The van der Waals surface area contributed by atoms with E-state index in [0.717, 1.165) is 23.7 Å². The van der Waals surface area contributed by atoms with Crippen LogP contribution in [0.15, 0.2) is 24.3 Å². The molecule has 1 amide bonds. The third-order valence-corrected chi connectivity index (χ3v) is 2.69. The van der Waals surface area contributed by atoms with E-state index in [-0.39, 0.29) is 10.7 Å². The van der Waals surface area contributed by atoms with Crippen molar-refractivity contribution in [2.45, 2.75) is 0 Å². The van der Waals surface area contributed by atoms with Crippen LogP contribution in [0.25, 0.3) is 6.08 Å². The first-order valence-corrected chi connectivity index (χ1v) is 6.00. The van der Waals surface area contributed by atoms with Gasteiger partial charge in [-0.15, -0.1) is 0 Å². The lowest BCUT2D eigenvalue weighted by molar-refractivity contribution is -0.131. The maximum absolute atomic E-state index is 13.8. The Morgan fingerprint density at radius 3 is 2.80 bits per heavy atom. The summed E-state index contributed by atoms with van der Waals surface area (Å²) in [5.41, 5.74) is 0.145. The summed E-state index contributed by atoms with van der Waals surface area (Å²) in [6.45, 7) is 0. The molecule has 0 fully saturated rings. The lowest BCUT2D eigenvalue weighted by Gasteiger charge is -2.03. The second-order valence-corrected chi connectivity index (χ2v) is 4.27. The highest BCUT2D eigenvalue weighted by Gasteiger charge is 2.13. The number of aliphatic carboxylic acids is 1. The van der Waals surface area contributed by atoms with Crippen molar-refractivity contribution in [3.05, 3.63) is 41.2 Å². The Hall–Kier alpha value is -2.68. The predicted molar refractivity (Wildman–Crippen MR) is 68.7 cm³/mol. The highest BCUT2D eigenvalue weighted by atomic mass is 32.1. The molecular formula is C11H7FN4O3S. The largest absolute Gasteiger partial charge is 0.478 e. The zero-order valence-electron chi connectivity index (χ0n) is 9.78.